The molecule has 5 nitrogen and oxygen atoms in total. The van der Waals surface area contributed by atoms with E-state index in [0.717, 1.165) is 11.1 Å². The summed E-state index contributed by atoms with van der Waals surface area (Å²) in [6, 6.07) is 23.5. The van der Waals surface area contributed by atoms with Crippen molar-refractivity contribution in [2.45, 2.75) is 6.61 Å². The molecular weight excluding hydrogens is 342 g/mol. The molecule has 0 saturated carbocycles. The summed E-state index contributed by atoms with van der Waals surface area (Å²) >= 11 is 0. The lowest BCUT2D eigenvalue weighted by Gasteiger charge is -2.11. The zero-order valence-electron chi connectivity index (χ0n) is 14.6. The third-order valence-electron chi connectivity index (χ3n) is 3.99. The number of carbonyl (C=O) groups excluding carboxylic acids is 2. The Bertz CT molecular complexity index is 921. The molecule has 0 bridgehead atoms. The Morgan fingerprint density at radius 2 is 1.52 bits per heavy atom. The standard InChI is InChI=1S/C22H19NO4/c24-14-16-10-12-18(13-11-16)22(26)27-15-21(25)23-20-9-5-4-8-19(20)17-6-2-1-3-7-17/h1-13,24H,14-15H2,(H,23,25). The van der Waals surface area contributed by atoms with Crippen LogP contribution in [0.25, 0.3) is 11.1 Å². The number of aliphatic hydroxyl groups is 1. The van der Waals surface area contributed by atoms with Gasteiger partial charge >= 0.3 is 5.97 Å². The molecule has 0 unspecified atom stereocenters. The van der Waals surface area contributed by atoms with E-state index in [1.54, 1.807) is 30.3 Å². The lowest BCUT2D eigenvalue weighted by Crippen LogP contribution is -2.21. The number of hydrogen-bond acceptors (Lipinski definition) is 4. The molecule has 0 aromatic heterocycles. The summed E-state index contributed by atoms with van der Waals surface area (Å²) in [5, 5.41) is 11.8. The van der Waals surface area contributed by atoms with Crippen LogP contribution in [0.15, 0.2) is 78.9 Å². The number of para-hydroxylation sites is 1. The largest absolute Gasteiger partial charge is 0.452 e. The van der Waals surface area contributed by atoms with Gasteiger partial charge in [-0.1, -0.05) is 60.7 Å². The van der Waals surface area contributed by atoms with Crippen molar-refractivity contribution in [2.24, 2.45) is 0 Å². The van der Waals surface area contributed by atoms with Gasteiger partial charge in [0.15, 0.2) is 6.61 Å². The van der Waals surface area contributed by atoms with Crippen molar-refractivity contribution < 1.29 is 19.4 Å². The van der Waals surface area contributed by atoms with Gasteiger partial charge in [-0.25, -0.2) is 4.79 Å². The second-order valence-electron chi connectivity index (χ2n) is 5.89. The normalized spacial score (nSPS) is 10.3. The maximum atomic E-state index is 12.2. The first-order valence-corrected chi connectivity index (χ1v) is 8.48. The Labute approximate surface area is 157 Å². The lowest BCUT2D eigenvalue weighted by molar-refractivity contribution is -0.119. The molecule has 27 heavy (non-hydrogen) atoms. The maximum absolute atomic E-state index is 12.2. The van der Waals surface area contributed by atoms with Gasteiger partial charge in [0.25, 0.3) is 5.91 Å². The van der Waals surface area contributed by atoms with Gasteiger partial charge in [0.05, 0.1) is 12.2 Å². The van der Waals surface area contributed by atoms with Crippen molar-refractivity contribution in [1.82, 2.24) is 0 Å². The fourth-order valence-corrected chi connectivity index (χ4v) is 2.61. The fourth-order valence-electron chi connectivity index (χ4n) is 2.61. The third-order valence-corrected chi connectivity index (χ3v) is 3.99. The monoisotopic (exact) mass is 361 g/mol. The van der Waals surface area contributed by atoms with E-state index in [1.807, 2.05) is 48.5 Å². The van der Waals surface area contributed by atoms with Crippen molar-refractivity contribution in [3.8, 4) is 11.1 Å². The molecule has 0 spiro atoms. The molecule has 3 aromatic rings. The molecular formula is C22H19NO4. The zero-order chi connectivity index (χ0) is 19.1. The topological polar surface area (TPSA) is 75.6 Å². The fraction of sp³-hybridized carbons (Fsp3) is 0.0909. The number of aliphatic hydroxyl groups excluding tert-OH is 1. The number of ether oxygens (including phenoxy) is 1. The maximum Gasteiger partial charge on any atom is 0.338 e. The molecule has 0 saturated heterocycles. The van der Waals surface area contributed by atoms with E-state index in [1.165, 1.54) is 0 Å². The smallest absolute Gasteiger partial charge is 0.338 e. The van der Waals surface area contributed by atoms with Gasteiger partial charge in [0.2, 0.25) is 0 Å². The van der Waals surface area contributed by atoms with Gasteiger partial charge in [0, 0.05) is 11.3 Å². The number of anilines is 1. The minimum atomic E-state index is -0.592. The summed E-state index contributed by atoms with van der Waals surface area (Å²) < 4.78 is 5.07. The SMILES string of the molecule is O=C(COC(=O)c1ccc(CO)cc1)Nc1ccccc1-c1ccccc1. The number of hydrogen-bond donors (Lipinski definition) is 2. The number of benzene rings is 3. The van der Waals surface area contributed by atoms with Crippen LogP contribution >= 0.6 is 0 Å². The average molecular weight is 361 g/mol. The van der Waals surface area contributed by atoms with Gasteiger partial charge in [-0.3, -0.25) is 4.79 Å². The molecule has 136 valence electrons. The molecule has 5 heteroatoms. The van der Waals surface area contributed by atoms with Crippen LogP contribution in [-0.4, -0.2) is 23.6 Å². The predicted molar refractivity (Wildman–Crippen MR) is 103 cm³/mol. The quantitative estimate of drug-likeness (QED) is 0.657. The highest BCUT2D eigenvalue weighted by Crippen LogP contribution is 2.27. The van der Waals surface area contributed by atoms with Crippen LogP contribution < -0.4 is 5.32 Å². The Balaban J connectivity index is 1.62. The molecule has 0 aliphatic carbocycles. The number of rotatable bonds is 6. The Morgan fingerprint density at radius 1 is 0.852 bits per heavy atom. The summed E-state index contributed by atoms with van der Waals surface area (Å²) in [4.78, 5) is 24.2. The second kappa shape index (κ2) is 8.78. The summed E-state index contributed by atoms with van der Waals surface area (Å²) in [5.41, 5.74) is 3.54. The second-order valence-corrected chi connectivity index (χ2v) is 5.89. The van der Waals surface area contributed by atoms with E-state index in [9.17, 15) is 9.59 Å². The van der Waals surface area contributed by atoms with Gasteiger partial charge in [-0.15, -0.1) is 0 Å². The van der Waals surface area contributed by atoms with Gasteiger partial charge < -0.3 is 15.2 Å². The number of nitrogens with one attached hydrogen (secondary N) is 1. The predicted octanol–water partition coefficient (Wildman–Crippen LogP) is 3.64. The molecule has 3 aromatic carbocycles. The molecule has 0 aliphatic rings. The summed E-state index contributed by atoms with van der Waals surface area (Å²) in [6.07, 6.45) is 0. The van der Waals surface area contributed by atoms with Crippen LogP contribution in [0.2, 0.25) is 0 Å². The molecule has 1 amide bonds. The van der Waals surface area contributed by atoms with E-state index in [2.05, 4.69) is 5.32 Å². The van der Waals surface area contributed by atoms with Crippen LogP contribution in [0.4, 0.5) is 5.69 Å². The first kappa shape index (κ1) is 18.4. The van der Waals surface area contributed by atoms with Crippen molar-refractivity contribution >= 4 is 17.6 Å². The molecule has 0 heterocycles. The number of carbonyl (C=O) groups is 2. The Hall–Kier alpha value is -3.44. The van der Waals surface area contributed by atoms with Gasteiger partial charge in [-0.2, -0.15) is 0 Å². The van der Waals surface area contributed by atoms with E-state index in [0.29, 0.717) is 16.8 Å². The van der Waals surface area contributed by atoms with Crippen molar-refractivity contribution in [2.75, 3.05) is 11.9 Å². The number of esters is 1. The molecule has 0 aliphatic heterocycles. The number of amides is 1. The van der Waals surface area contributed by atoms with Crippen LogP contribution in [0.3, 0.4) is 0 Å². The minimum Gasteiger partial charge on any atom is -0.452 e. The van der Waals surface area contributed by atoms with Crippen LogP contribution in [0, 0.1) is 0 Å². The van der Waals surface area contributed by atoms with Crippen molar-refractivity contribution in [3.63, 3.8) is 0 Å². The van der Waals surface area contributed by atoms with Gasteiger partial charge in [0.1, 0.15) is 0 Å². The first-order chi connectivity index (χ1) is 13.2. The van der Waals surface area contributed by atoms with E-state index >= 15 is 0 Å². The van der Waals surface area contributed by atoms with Crippen molar-refractivity contribution in [3.05, 3.63) is 90.0 Å². The van der Waals surface area contributed by atoms with Crippen LogP contribution in [0.5, 0.6) is 0 Å². The first-order valence-electron chi connectivity index (χ1n) is 8.48. The van der Waals surface area contributed by atoms with E-state index < -0.39 is 11.9 Å². The zero-order valence-corrected chi connectivity index (χ0v) is 14.6. The molecule has 0 fully saturated rings. The summed E-state index contributed by atoms with van der Waals surface area (Å²) in [6.45, 7) is -0.484. The average Bonchev–Trinajstić information content (AvgIpc) is 2.73. The highest BCUT2D eigenvalue weighted by atomic mass is 16.5. The summed E-state index contributed by atoms with van der Waals surface area (Å²) in [5.74, 6) is -1.01. The van der Waals surface area contributed by atoms with Crippen LogP contribution in [0.1, 0.15) is 15.9 Å². The lowest BCUT2D eigenvalue weighted by atomic mass is 10.0. The van der Waals surface area contributed by atoms with Gasteiger partial charge in [-0.05, 0) is 29.3 Å². The molecule has 2 N–H and O–H groups in total. The van der Waals surface area contributed by atoms with Crippen LogP contribution in [-0.2, 0) is 16.1 Å². The molecule has 0 radical (unpaired) electrons. The molecule has 0 atom stereocenters. The van der Waals surface area contributed by atoms with Crippen molar-refractivity contribution in [1.29, 1.82) is 0 Å². The highest BCUT2D eigenvalue weighted by molar-refractivity contribution is 5.98. The Kier molecular flexibility index (Phi) is 5.97. The Morgan fingerprint density at radius 3 is 2.22 bits per heavy atom. The van der Waals surface area contributed by atoms with E-state index in [-0.39, 0.29) is 13.2 Å². The third kappa shape index (κ3) is 4.80. The van der Waals surface area contributed by atoms with E-state index in [4.69, 9.17) is 9.84 Å². The highest BCUT2D eigenvalue weighted by Gasteiger charge is 2.12. The summed E-state index contributed by atoms with van der Waals surface area (Å²) in [7, 11) is 0. The minimum absolute atomic E-state index is 0.0987. The molecule has 3 rings (SSSR count).